The Labute approximate surface area is 134 Å². The van der Waals surface area contributed by atoms with Gasteiger partial charge in [-0.3, -0.25) is 9.59 Å². The molecule has 1 aliphatic rings. The van der Waals surface area contributed by atoms with E-state index in [1.807, 2.05) is 0 Å². The number of hydrogen-bond acceptors (Lipinski definition) is 3. The van der Waals surface area contributed by atoms with Crippen LogP contribution in [0, 0.1) is 12.7 Å². The molecule has 1 amide bonds. The van der Waals surface area contributed by atoms with Crippen LogP contribution in [0.4, 0.5) is 13.2 Å². The monoisotopic (exact) mass is 337 g/mol. The third kappa shape index (κ3) is 3.04. The van der Waals surface area contributed by atoms with E-state index in [1.54, 1.807) is 6.92 Å². The molecule has 1 saturated carbocycles. The van der Waals surface area contributed by atoms with Crippen LogP contribution >= 0.6 is 0 Å². The van der Waals surface area contributed by atoms with Gasteiger partial charge in [-0.05, 0) is 31.4 Å². The summed E-state index contributed by atoms with van der Waals surface area (Å²) < 4.78 is 39.0. The molecule has 0 aliphatic heterocycles. The Morgan fingerprint density at radius 3 is 2.58 bits per heavy atom. The summed E-state index contributed by atoms with van der Waals surface area (Å²) >= 11 is 0. The number of halogens is 3. The Bertz CT molecular complexity index is 860. The lowest BCUT2D eigenvalue weighted by Gasteiger charge is -2.18. The lowest BCUT2D eigenvalue weighted by atomic mass is 10.0. The van der Waals surface area contributed by atoms with Crippen LogP contribution in [-0.2, 0) is 5.54 Å². The summed E-state index contributed by atoms with van der Waals surface area (Å²) in [6.45, 7) is 1.55. The zero-order valence-corrected chi connectivity index (χ0v) is 12.7. The molecule has 126 valence electrons. The normalized spacial score (nSPS) is 15.4. The first-order valence-electron chi connectivity index (χ1n) is 7.29. The molecule has 5 nitrogen and oxygen atoms in total. The molecular weight excluding hydrogens is 323 g/mol. The Morgan fingerprint density at radius 1 is 1.33 bits per heavy atom. The Balaban J connectivity index is 1.85. The van der Waals surface area contributed by atoms with Crippen molar-refractivity contribution in [2.75, 3.05) is 0 Å². The molecule has 1 heterocycles. The number of hydrogen-bond donors (Lipinski definition) is 2. The lowest BCUT2D eigenvalue weighted by Crippen LogP contribution is -2.36. The molecule has 3 rings (SSSR count). The molecule has 0 unspecified atom stereocenters. The molecule has 0 radical (unpaired) electrons. The number of aromatic amines is 1. The van der Waals surface area contributed by atoms with Gasteiger partial charge in [0.2, 0.25) is 0 Å². The van der Waals surface area contributed by atoms with Crippen molar-refractivity contribution in [3.8, 4) is 0 Å². The van der Waals surface area contributed by atoms with E-state index in [0.29, 0.717) is 24.2 Å². The van der Waals surface area contributed by atoms with Gasteiger partial charge in [0.05, 0.1) is 11.1 Å². The number of amides is 1. The zero-order valence-electron chi connectivity index (χ0n) is 12.7. The molecule has 2 aromatic rings. The summed E-state index contributed by atoms with van der Waals surface area (Å²) in [5.41, 5.74) is -1.57. The van der Waals surface area contributed by atoms with Crippen molar-refractivity contribution in [2.24, 2.45) is 0 Å². The summed E-state index contributed by atoms with van der Waals surface area (Å²) in [6.07, 6.45) is -1.80. The van der Waals surface area contributed by atoms with Gasteiger partial charge < -0.3 is 10.3 Å². The van der Waals surface area contributed by atoms with Crippen LogP contribution < -0.4 is 10.9 Å². The number of aryl methyl sites for hydroxylation is 1. The van der Waals surface area contributed by atoms with Crippen molar-refractivity contribution in [1.29, 1.82) is 0 Å². The summed E-state index contributed by atoms with van der Waals surface area (Å²) in [4.78, 5) is 30.1. The molecule has 0 atom stereocenters. The van der Waals surface area contributed by atoms with E-state index in [-0.39, 0.29) is 5.69 Å². The van der Waals surface area contributed by atoms with Gasteiger partial charge in [-0.1, -0.05) is 12.1 Å². The van der Waals surface area contributed by atoms with Crippen molar-refractivity contribution in [1.82, 2.24) is 15.3 Å². The first-order chi connectivity index (χ1) is 11.3. The van der Waals surface area contributed by atoms with Crippen molar-refractivity contribution in [3.05, 3.63) is 63.1 Å². The maximum Gasteiger partial charge on any atom is 0.270 e. The predicted octanol–water partition coefficient (Wildman–Crippen LogP) is 2.57. The Hall–Kier alpha value is -2.64. The summed E-state index contributed by atoms with van der Waals surface area (Å²) in [5, 5.41) is 2.72. The largest absolute Gasteiger partial charge is 0.341 e. The topological polar surface area (TPSA) is 74.8 Å². The van der Waals surface area contributed by atoms with Gasteiger partial charge in [0, 0.05) is 6.07 Å². The number of alkyl halides is 2. The first-order valence-corrected chi connectivity index (χ1v) is 7.29. The minimum Gasteiger partial charge on any atom is -0.341 e. The fraction of sp³-hybridized carbons (Fsp3) is 0.312. The number of nitrogens with one attached hydrogen (secondary N) is 2. The van der Waals surface area contributed by atoms with E-state index in [9.17, 15) is 22.8 Å². The van der Waals surface area contributed by atoms with Gasteiger partial charge in [-0.15, -0.1) is 0 Å². The standard InChI is InChI=1S/C16H14F3N3O2/c1-8-20-12(7-13(23)21-8)15(24)22-16(4-5-16)9-2-3-10(14(18)19)11(17)6-9/h2-3,6-7,14H,4-5H2,1H3,(H,22,24)(H,20,21,23). The first kappa shape index (κ1) is 16.2. The van der Waals surface area contributed by atoms with E-state index in [2.05, 4.69) is 15.3 Å². The molecule has 1 aromatic heterocycles. The van der Waals surface area contributed by atoms with Crippen molar-refractivity contribution in [3.63, 3.8) is 0 Å². The fourth-order valence-electron chi connectivity index (χ4n) is 2.59. The summed E-state index contributed by atoms with van der Waals surface area (Å²) in [6, 6.07) is 4.50. The molecule has 2 N–H and O–H groups in total. The average molecular weight is 337 g/mol. The van der Waals surface area contributed by atoms with E-state index in [0.717, 1.165) is 18.2 Å². The Kier molecular flexibility index (Phi) is 3.90. The highest BCUT2D eigenvalue weighted by Crippen LogP contribution is 2.46. The molecule has 1 fully saturated rings. The van der Waals surface area contributed by atoms with Crippen LogP contribution in [0.3, 0.4) is 0 Å². The quantitative estimate of drug-likeness (QED) is 0.900. The highest BCUT2D eigenvalue weighted by atomic mass is 19.3. The zero-order chi connectivity index (χ0) is 17.5. The van der Waals surface area contributed by atoms with Gasteiger partial charge in [-0.25, -0.2) is 18.2 Å². The number of aromatic nitrogens is 2. The second-order valence-electron chi connectivity index (χ2n) is 5.79. The smallest absolute Gasteiger partial charge is 0.270 e. The van der Waals surface area contributed by atoms with Crippen LogP contribution in [0.15, 0.2) is 29.1 Å². The maximum absolute atomic E-state index is 13.8. The van der Waals surface area contributed by atoms with Crippen molar-refractivity contribution >= 4 is 5.91 Å². The van der Waals surface area contributed by atoms with Gasteiger partial charge in [-0.2, -0.15) is 0 Å². The highest BCUT2D eigenvalue weighted by molar-refractivity contribution is 5.93. The molecule has 1 aliphatic carbocycles. The van der Waals surface area contributed by atoms with E-state index < -0.39 is 34.8 Å². The molecular formula is C16H14F3N3O2. The van der Waals surface area contributed by atoms with Gasteiger partial charge >= 0.3 is 0 Å². The Morgan fingerprint density at radius 2 is 2.04 bits per heavy atom. The van der Waals surface area contributed by atoms with Crippen molar-refractivity contribution in [2.45, 2.75) is 31.7 Å². The minimum absolute atomic E-state index is 0.0489. The van der Waals surface area contributed by atoms with Crippen LogP contribution in [-0.4, -0.2) is 15.9 Å². The third-order valence-electron chi connectivity index (χ3n) is 3.98. The fourth-order valence-corrected chi connectivity index (χ4v) is 2.59. The molecule has 0 saturated heterocycles. The van der Waals surface area contributed by atoms with Crippen molar-refractivity contribution < 1.29 is 18.0 Å². The molecule has 24 heavy (non-hydrogen) atoms. The SMILES string of the molecule is Cc1nc(C(=O)NC2(c3ccc(C(F)F)c(F)c3)CC2)cc(=O)[nH]1. The summed E-state index contributed by atoms with van der Waals surface area (Å²) in [5.74, 6) is -1.28. The molecule has 1 aromatic carbocycles. The van der Waals surface area contributed by atoms with Crippen LogP contribution in [0.25, 0.3) is 0 Å². The average Bonchev–Trinajstić information content (AvgIpc) is 3.26. The second kappa shape index (κ2) is 5.77. The number of benzene rings is 1. The van der Waals surface area contributed by atoms with E-state index in [4.69, 9.17) is 0 Å². The van der Waals surface area contributed by atoms with Gasteiger partial charge in [0.15, 0.2) is 0 Å². The number of nitrogens with zero attached hydrogens (tertiary/aromatic N) is 1. The maximum atomic E-state index is 13.8. The van der Waals surface area contributed by atoms with E-state index >= 15 is 0 Å². The summed E-state index contributed by atoms with van der Waals surface area (Å²) in [7, 11) is 0. The number of rotatable bonds is 4. The van der Waals surface area contributed by atoms with Gasteiger partial charge in [0.25, 0.3) is 17.9 Å². The molecule has 0 bridgehead atoms. The third-order valence-corrected chi connectivity index (χ3v) is 3.98. The van der Waals surface area contributed by atoms with Crippen LogP contribution in [0.5, 0.6) is 0 Å². The number of H-pyrrole nitrogens is 1. The second-order valence-corrected chi connectivity index (χ2v) is 5.79. The van der Waals surface area contributed by atoms with Crippen LogP contribution in [0.2, 0.25) is 0 Å². The van der Waals surface area contributed by atoms with Gasteiger partial charge in [0.1, 0.15) is 17.3 Å². The number of carbonyl (C=O) groups excluding carboxylic acids is 1. The van der Waals surface area contributed by atoms with E-state index in [1.165, 1.54) is 6.07 Å². The minimum atomic E-state index is -2.90. The number of carbonyl (C=O) groups is 1. The van der Waals surface area contributed by atoms with Crippen LogP contribution in [0.1, 0.15) is 46.7 Å². The molecule has 8 heteroatoms. The highest BCUT2D eigenvalue weighted by Gasteiger charge is 2.46. The lowest BCUT2D eigenvalue weighted by molar-refractivity contribution is 0.0924. The molecule has 0 spiro atoms. The predicted molar refractivity (Wildman–Crippen MR) is 79.3 cm³/mol.